The third-order valence-electron chi connectivity index (χ3n) is 4.60. The Kier molecular flexibility index (Phi) is 5.18. The van der Waals surface area contributed by atoms with Crippen LogP contribution in [0, 0.1) is 6.92 Å². The molecule has 0 saturated carbocycles. The molecule has 0 radical (unpaired) electrons. The van der Waals surface area contributed by atoms with Crippen molar-refractivity contribution < 1.29 is 9.53 Å². The van der Waals surface area contributed by atoms with Gasteiger partial charge in [-0.15, -0.1) is 5.10 Å². The number of para-hydroxylation sites is 1. The molecular formula is C19H26N4O2. The summed E-state index contributed by atoms with van der Waals surface area (Å²) in [6.45, 7) is 7.53. The fraction of sp³-hybridized carbons (Fsp3) is 0.526. The molecule has 6 heteroatoms. The predicted molar refractivity (Wildman–Crippen MR) is 96.1 cm³/mol. The van der Waals surface area contributed by atoms with Gasteiger partial charge in [-0.2, -0.15) is 0 Å². The average Bonchev–Trinajstić information content (AvgIpc) is 3.23. The zero-order valence-electron chi connectivity index (χ0n) is 15.4. The quantitative estimate of drug-likeness (QED) is 0.838. The maximum atomic E-state index is 12.7. The highest BCUT2D eigenvalue weighted by atomic mass is 16.5. The molecule has 0 spiro atoms. The number of hydrogen-bond donors (Lipinski definition) is 0. The van der Waals surface area contributed by atoms with Gasteiger partial charge in [0.05, 0.1) is 11.8 Å². The molecule has 1 aliphatic rings. The molecule has 2 heterocycles. The van der Waals surface area contributed by atoms with Gasteiger partial charge in [-0.1, -0.05) is 32.0 Å². The first-order valence-corrected chi connectivity index (χ1v) is 8.87. The van der Waals surface area contributed by atoms with Gasteiger partial charge in [-0.25, -0.2) is 9.67 Å². The second kappa shape index (κ2) is 7.35. The van der Waals surface area contributed by atoms with Crippen LogP contribution in [0.2, 0.25) is 0 Å². The predicted octanol–water partition coefficient (Wildman–Crippen LogP) is 2.95. The van der Waals surface area contributed by atoms with Gasteiger partial charge in [0.2, 0.25) is 5.82 Å². The first-order valence-electron chi connectivity index (χ1n) is 8.87. The second-order valence-corrected chi connectivity index (χ2v) is 6.93. The number of aryl methyl sites for hydroxylation is 1. The first kappa shape index (κ1) is 17.6. The Hall–Kier alpha value is -2.21. The Balaban J connectivity index is 1.84. The minimum atomic E-state index is -0.167. The summed E-state index contributed by atoms with van der Waals surface area (Å²) in [5.74, 6) is 1.14. The summed E-state index contributed by atoms with van der Waals surface area (Å²) in [4.78, 5) is 18.7. The molecular weight excluding hydrogens is 316 g/mol. The van der Waals surface area contributed by atoms with Crippen LogP contribution in [0.5, 0.6) is 0 Å². The standard InChI is InChI=1S/C19H26N4O2/c1-13(2)16-9-5-6-10-17(16)23-14(3)20-18(21-23)19(24)22(4)12-15-8-7-11-25-15/h5-6,9-10,13,15H,7-8,11-12H2,1-4H3. The van der Waals surface area contributed by atoms with Crippen LogP contribution < -0.4 is 0 Å². The van der Waals surface area contributed by atoms with Crippen molar-refractivity contribution >= 4 is 5.91 Å². The molecule has 1 unspecified atom stereocenters. The number of nitrogens with zero attached hydrogens (tertiary/aromatic N) is 4. The van der Waals surface area contributed by atoms with E-state index < -0.39 is 0 Å². The third-order valence-corrected chi connectivity index (χ3v) is 4.60. The van der Waals surface area contributed by atoms with E-state index in [9.17, 15) is 4.79 Å². The monoisotopic (exact) mass is 342 g/mol. The molecule has 2 aromatic rings. The van der Waals surface area contributed by atoms with Gasteiger partial charge >= 0.3 is 0 Å². The zero-order valence-corrected chi connectivity index (χ0v) is 15.4. The summed E-state index contributed by atoms with van der Waals surface area (Å²) in [6, 6.07) is 8.10. The lowest BCUT2D eigenvalue weighted by Crippen LogP contribution is -2.34. The Bertz CT molecular complexity index is 748. The van der Waals surface area contributed by atoms with Crippen LogP contribution in [0.1, 0.15) is 54.6 Å². The molecule has 3 rings (SSSR count). The molecule has 6 nitrogen and oxygen atoms in total. The van der Waals surface area contributed by atoms with E-state index in [0.29, 0.717) is 18.3 Å². The molecule has 0 bridgehead atoms. The minimum Gasteiger partial charge on any atom is -0.376 e. The van der Waals surface area contributed by atoms with Crippen LogP contribution in [0.15, 0.2) is 24.3 Å². The number of carbonyl (C=O) groups excluding carboxylic acids is 1. The van der Waals surface area contributed by atoms with Crippen LogP contribution in [-0.2, 0) is 4.74 Å². The number of amides is 1. The maximum absolute atomic E-state index is 12.7. The van der Waals surface area contributed by atoms with E-state index in [1.54, 1.807) is 16.6 Å². The number of rotatable bonds is 5. The van der Waals surface area contributed by atoms with E-state index in [4.69, 9.17) is 4.74 Å². The van der Waals surface area contributed by atoms with Crippen molar-refractivity contribution in [1.29, 1.82) is 0 Å². The van der Waals surface area contributed by atoms with Crippen molar-refractivity contribution in [3.8, 4) is 5.69 Å². The van der Waals surface area contributed by atoms with E-state index in [-0.39, 0.29) is 17.8 Å². The molecule has 1 aliphatic heterocycles. The molecule has 25 heavy (non-hydrogen) atoms. The fourth-order valence-electron chi connectivity index (χ4n) is 3.22. The van der Waals surface area contributed by atoms with Crippen molar-refractivity contribution in [2.75, 3.05) is 20.2 Å². The summed E-state index contributed by atoms with van der Waals surface area (Å²) in [5.41, 5.74) is 2.16. The molecule has 0 N–H and O–H groups in total. The van der Waals surface area contributed by atoms with Crippen molar-refractivity contribution in [3.05, 3.63) is 41.5 Å². The molecule has 1 fully saturated rings. The Morgan fingerprint density at radius 1 is 1.40 bits per heavy atom. The van der Waals surface area contributed by atoms with Crippen molar-refractivity contribution in [3.63, 3.8) is 0 Å². The lowest BCUT2D eigenvalue weighted by Gasteiger charge is -2.19. The SMILES string of the molecule is Cc1nc(C(=O)N(C)CC2CCCO2)nn1-c1ccccc1C(C)C. The maximum Gasteiger partial charge on any atom is 0.293 e. The summed E-state index contributed by atoms with van der Waals surface area (Å²) in [5, 5.41) is 4.49. The van der Waals surface area contributed by atoms with Gasteiger partial charge in [0, 0.05) is 20.2 Å². The van der Waals surface area contributed by atoms with Crippen molar-refractivity contribution in [2.24, 2.45) is 0 Å². The number of ether oxygens (including phenoxy) is 1. The Morgan fingerprint density at radius 3 is 2.84 bits per heavy atom. The molecule has 1 amide bonds. The summed E-state index contributed by atoms with van der Waals surface area (Å²) >= 11 is 0. The normalized spacial score (nSPS) is 17.2. The second-order valence-electron chi connectivity index (χ2n) is 6.93. The van der Waals surface area contributed by atoms with Crippen LogP contribution in [0.4, 0.5) is 0 Å². The van der Waals surface area contributed by atoms with Gasteiger partial charge in [0.1, 0.15) is 5.82 Å². The average molecular weight is 342 g/mol. The first-order chi connectivity index (χ1) is 12.0. The van der Waals surface area contributed by atoms with E-state index in [1.165, 1.54) is 5.56 Å². The van der Waals surface area contributed by atoms with Gasteiger partial charge in [-0.05, 0) is 37.3 Å². The number of likely N-dealkylation sites (N-methyl/N-ethyl adjacent to an activating group) is 1. The Labute approximate surface area is 148 Å². The largest absolute Gasteiger partial charge is 0.376 e. The number of carbonyl (C=O) groups is 1. The lowest BCUT2D eigenvalue weighted by atomic mass is 10.0. The van der Waals surface area contributed by atoms with E-state index in [1.807, 2.05) is 25.1 Å². The van der Waals surface area contributed by atoms with E-state index in [2.05, 4.69) is 30.0 Å². The highest BCUT2D eigenvalue weighted by Crippen LogP contribution is 2.23. The molecule has 0 aliphatic carbocycles. The summed E-state index contributed by atoms with van der Waals surface area (Å²) < 4.78 is 7.38. The van der Waals surface area contributed by atoms with E-state index >= 15 is 0 Å². The topological polar surface area (TPSA) is 60.3 Å². The number of aromatic nitrogens is 3. The zero-order chi connectivity index (χ0) is 18.0. The van der Waals surface area contributed by atoms with Crippen LogP contribution >= 0.6 is 0 Å². The lowest BCUT2D eigenvalue weighted by molar-refractivity contribution is 0.0578. The van der Waals surface area contributed by atoms with Crippen LogP contribution in [0.25, 0.3) is 5.69 Å². The minimum absolute atomic E-state index is 0.124. The molecule has 1 saturated heterocycles. The highest BCUT2D eigenvalue weighted by Gasteiger charge is 2.24. The van der Waals surface area contributed by atoms with Crippen LogP contribution in [-0.4, -0.2) is 51.9 Å². The highest BCUT2D eigenvalue weighted by molar-refractivity contribution is 5.90. The third kappa shape index (κ3) is 3.74. The van der Waals surface area contributed by atoms with Crippen LogP contribution in [0.3, 0.4) is 0 Å². The fourth-order valence-corrected chi connectivity index (χ4v) is 3.22. The summed E-state index contributed by atoms with van der Waals surface area (Å²) in [6.07, 6.45) is 2.18. The van der Waals surface area contributed by atoms with Gasteiger partial charge < -0.3 is 9.64 Å². The molecule has 1 aromatic heterocycles. The van der Waals surface area contributed by atoms with Gasteiger partial charge in [0.15, 0.2) is 0 Å². The van der Waals surface area contributed by atoms with Crippen molar-refractivity contribution in [1.82, 2.24) is 19.7 Å². The Morgan fingerprint density at radius 2 is 2.16 bits per heavy atom. The molecule has 1 aromatic carbocycles. The number of benzene rings is 1. The van der Waals surface area contributed by atoms with Crippen molar-refractivity contribution in [2.45, 2.75) is 45.6 Å². The molecule has 134 valence electrons. The smallest absolute Gasteiger partial charge is 0.293 e. The molecule has 1 atom stereocenters. The summed E-state index contributed by atoms with van der Waals surface area (Å²) in [7, 11) is 1.78. The number of hydrogen-bond acceptors (Lipinski definition) is 4. The van der Waals surface area contributed by atoms with Gasteiger partial charge in [0.25, 0.3) is 5.91 Å². The van der Waals surface area contributed by atoms with Gasteiger partial charge in [-0.3, -0.25) is 4.79 Å². The van der Waals surface area contributed by atoms with E-state index in [0.717, 1.165) is 25.1 Å².